The van der Waals surface area contributed by atoms with Gasteiger partial charge in [0.15, 0.2) is 0 Å². The van der Waals surface area contributed by atoms with E-state index in [1.807, 2.05) is 12.1 Å². The fourth-order valence-corrected chi connectivity index (χ4v) is 1.48. The first-order valence-corrected chi connectivity index (χ1v) is 6.54. The van der Waals surface area contributed by atoms with E-state index in [1.54, 1.807) is 12.1 Å². The van der Waals surface area contributed by atoms with Gasteiger partial charge >= 0.3 is 0 Å². The van der Waals surface area contributed by atoms with Gasteiger partial charge in [0.2, 0.25) is 5.90 Å². The van der Waals surface area contributed by atoms with E-state index in [1.165, 1.54) is 0 Å². The Morgan fingerprint density at radius 1 is 1.22 bits per heavy atom. The van der Waals surface area contributed by atoms with Crippen molar-refractivity contribution in [2.24, 2.45) is 0 Å². The van der Waals surface area contributed by atoms with Crippen LogP contribution in [-0.4, -0.2) is 16.3 Å². The number of halogens is 4. The molecule has 0 atom stereocenters. The van der Waals surface area contributed by atoms with Crippen LogP contribution in [0.15, 0.2) is 30.8 Å². The lowest BCUT2D eigenvalue weighted by molar-refractivity contribution is 0.305. The molecule has 0 aliphatic rings. The monoisotopic (exact) mass is 325 g/mol. The summed E-state index contributed by atoms with van der Waals surface area (Å²) in [5.74, 6) is -0.392. The second-order valence-corrected chi connectivity index (χ2v) is 6.25. The van der Waals surface area contributed by atoms with Crippen molar-refractivity contribution in [2.45, 2.75) is 10.2 Å². The lowest BCUT2D eigenvalue weighted by Crippen LogP contribution is -2.21. The number of alkyl halides is 3. The quantitative estimate of drug-likeness (QED) is 0.465. The topological polar surface area (TPSA) is 33.1 Å². The van der Waals surface area contributed by atoms with Crippen LogP contribution in [0.2, 0.25) is 5.02 Å². The zero-order valence-electron chi connectivity index (χ0n) is 9.35. The average molecular weight is 327 g/mol. The summed E-state index contributed by atoms with van der Waals surface area (Å²) >= 11 is 22.2. The van der Waals surface area contributed by atoms with Crippen molar-refractivity contribution in [1.29, 1.82) is 5.41 Å². The third-order valence-corrected chi connectivity index (χ3v) is 2.93. The number of nitrogens with one attached hydrogen (secondary N) is 1. The first-order chi connectivity index (χ1) is 8.30. The van der Waals surface area contributed by atoms with Gasteiger partial charge < -0.3 is 4.74 Å². The van der Waals surface area contributed by atoms with Gasteiger partial charge in [-0.3, -0.25) is 5.41 Å². The molecule has 0 saturated heterocycles. The minimum absolute atomic E-state index is 0.230. The molecule has 1 N–H and O–H groups in total. The third-order valence-electron chi connectivity index (χ3n) is 2.16. The van der Waals surface area contributed by atoms with Crippen molar-refractivity contribution in [3.63, 3.8) is 0 Å². The molecule has 0 amide bonds. The number of hydrogen-bond donors (Lipinski definition) is 1. The van der Waals surface area contributed by atoms with E-state index in [0.29, 0.717) is 11.4 Å². The third kappa shape index (κ3) is 5.07. The highest BCUT2D eigenvalue weighted by atomic mass is 35.6. The molecule has 1 rings (SSSR count). The highest BCUT2D eigenvalue weighted by Crippen LogP contribution is 2.28. The number of hydrogen-bond acceptors (Lipinski definition) is 2. The van der Waals surface area contributed by atoms with Gasteiger partial charge in [0.1, 0.15) is 0 Å². The zero-order valence-corrected chi connectivity index (χ0v) is 12.4. The van der Waals surface area contributed by atoms with Crippen LogP contribution in [0.3, 0.4) is 0 Å². The summed E-state index contributed by atoms with van der Waals surface area (Å²) in [6.07, 6.45) is 0.532. The molecule has 0 aromatic heterocycles. The van der Waals surface area contributed by atoms with Gasteiger partial charge in [0, 0.05) is 11.4 Å². The Bertz CT molecular complexity index is 436. The van der Waals surface area contributed by atoms with E-state index in [4.69, 9.17) is 56.5 Å². The fraction of sp³-hybridized carbons (Fsp3) is 0.250. The van der Waals surface area contributed by atoms with Crippen molar-refractivity contribution in [3.8, 4) is 0 Å². The molecule has 0 aliphatic heterocycles. The first-order valence-electron chi connectivity index (χ1n) is 5.03. The molecule has 0 fully saturated rings. The maximum Gasteiger partial charge on any atom is 0.265 e. The molecule has 0 spiro atoms. The lowest BCUT2D eigenvalue weighted by Gasteiger charge is -2.14. The van der Waals surface area contributed by atoms with E-state index in [-0.39, 0.29) is 6.61 Å². The van der Waals surface area contributed by atoms with Gasteiger partial charge in [-0.2, -0.15) is 0 Å². The van der Waals surface area contributed by atoms with Gasteiger partial charge in [-0.25, -0.2) is 0 Å². The molecule has 0 saturated carbocycles. The molecule has 0 radical (unpaired) electrons. The first kappa shape index (κ1) is 15.6. The Morgan fingerprint density at radius 2 is 1.78 bits per heavy atom. The summed E-state index contributed by atoms with van der Waals surface area (Å²) in [7, 11) is 0. The zero-order chi connectivity index (χ0) is 13.8. The van der Waals surface area contributed by atoms with Crippen molar-refractivity contribution >= 4 is 57.9 Å². The molecule has 1 aromatic rings. The van der Waals surface area contributed by atoms with Gasteiger partial charge in [-0.15, -0.1) is 0 Å². The van der Waals surface area contributed by atoms with Gasteiger partial charge in [-0.1, -0.05) is 65.1 Å². The molecule has 6 heteroatoms. The predicted molar refractivity (Wildman–Crippen MR) is 79.1 cm³/mol. The summed E-state index contributed by atoms with van der Waals surface area (Å²) < 4.78 is 3.21. The van der Waals surface area contributed by atoms with Crippen LogP contribution in [0.1, 0.15) is 12.0 Å². The second-order valence-electron chi connectivity index (χ2n) is 3.54. The molecule has 98 valence electrons. The van der Waals surface area contributed by atoms with Crippen LogP contribution in [0.25, 0.3) is 5.57 Å². The summed E-state index contributed by atoms with van der Waals surface area (Å²) in [5.41, 5.74) is 1.83. The van der Waals surface area contributed by atoms with Crippen molar-refractivity contribution < 1.29 is 4.74 Å². The van der Waals surface area contributed by atoms with Crippen LogP contribution >= 0.6 is 46.4 Å². The summed E-state index contributed by atoms with van der Waals surface area (Å²) in [6, 6.07) is 7.30. The summed E-state index contributed by atoms with van der Waals surface area (Å²) in [4.78, 5) is 0. The predicted octanol–water partition coefficient (Wildman–Crippen LogP) is 5.11. The Morgan fingerprint density at radius 3 is 2.28 bits per heavy atom. The SMILES string of the molecule is C=C(CCOC(=N)C(Cl)(Cl)Cl)c1ccc(Cl)cc1. The lowest BCUT2D eigenvalue weighted by atomic mass is 10.1. The van der Waals surface area contributed by atoms with Crippen molar-refractivity contribution in [2.75, 3.05) is 6.61 Å². The summed E-state index contributed by atoms with van der Waals surface area (Å²) in [5, 5.41) is 8.02. The minimum Gasteiger partial charge on any atom is -0.478 e. The smallest absolute Gasteiger partial charge is 0.265 e. The molecule has 0 heterocycles. The molecular weight excluding hydrogens is 316 g/mol. The van der Waals surface area contributed by atoms with Crippen LogP contribution in [0, 0.1) is 5.41 Å². The fourth-order valence-electron chi connectivity index (χ4n) is 1.19. The molecular formula is C12H11Cl4NO. The van der Waals surface area contributed by atoms with E-state index < -0.39 is 9.69 Å². The van der Waals surface area contributed by atoms with E-state index >= 15 is 0 Å². The molecule has 0 unspecified atom stereocenters. The van der Waals surface area contributed by atoms with Crippen LogP contribution in [0.4, 0.5) is 0 Å². The van der Waals surface area contributed by atoms with Crippen molar-refractivity contribution in [3.05, 3.63) is 41.4 Å². The van der Waals surface area contributed by atoms with E-state index in [0.717, 1.165) is 11.1 Å². The summed E-state index contributed by atoms with van der Waals surface area (Å²) in [6.45, 7) is 4.15. The highest BCUT2D eigenvalue weighted by molar-refractivity contribution is 6.76. The maximum absolute atomic E-state index is 7.35. The molecule has 2 nitrogen and oxygen atoms in total. The number of benzene rings is 1. The van der Waals surface area contributed by atoms with Gasteiger partial charge in [-0.05, 0) is 23.3 Å². The van der Waals surface area contributed by atoms with Crippen molar-refractivity contribution in [1.82, 2.24) is 0 Å². The largest absolute Gasteiger partial charge is 0.478 e. The Labute approximate surface area is 126 Å². The van der Waals surface area contributed by atoms with E-state index in [2.05, 4.69) is 6.58 Å². The number of ether oxygens (including phenoxy) is 1. The maximum atomic E-state index is 7.35. The normalized spacial score (nSPS) is 11.1. The molecule has 0 aliphatic carbocycles. The highest BCUT2D eigenvalue weighted by Gasteiger charge is 2.28. The second kappa shape index (κ2) is 6.67. The van der Waals surface area contributed by atoms with Crippen LogP contribution < -0.4 is 0 Å². The van der Waals surface area contributed by atoms with Gasteiger partial charge in [0.05, 0.1) is 6.61 Å². The standard InChI is InChI=1S/C12H11Cl4NO/c1-8(9-2-4-10(13)5-3-9)6-7-18-11(17)12(14,15)16/h2-5,17H,1,6-7H2. The minimum atomic E-state index is -1.82. The van der Waals surface area contributed by atoms with Gasteiger partial charge in [0.25, 0.3) is 3.79 Å². The Hall–Kier alpha value is -0.410. The molecule has 1 aromatic carbocycles. The van der Waals surface area contributed by atoms with Crippen LogP contribution in [-0.2, 0) is 4.74 Å². The Balaban J connectivity index is 2.43. The molecule has 18 heavy (non-hydrogen) atoms. The molecule has 0 bridgehead atoms. The van der Waals surface area contributed by atoms with Crippen LogP contribution in [0.5, 0.6) is 0 Å². The average Bonchev–Trinajstić information content (AvgIpc) is 2.28. The number of rotatable bonds is 4. The Kier molecular flexibility index (Phi) is 5.80. The van der Waals surface area contributed by atoms with E-state index in [9.17, 15) is 0 Å².